The first-order valence-electron chi connectivity index (χ1n) is 6.75. The van der Waals surface area contributed by atoms with E-state index in [1.807, 2.05) is 0 Å². The molecular weight excluding hydrogens is 321 g/mol. The Hall–Kier alpha value is -2.25. The van der Waals surface area contributed by atoms with E-state index in [-0.39, 0.29) is 22.9 Å². The van der Waals surface area contributed by atoms with Gasteiger partial charge in [0, 0.05) is 14.1 Å². The molecule has 0 bridgehead atoms. The van der Waals surface area contributed by atoms with Crippen molar-refractivity contribution in [2.75, 3.05) is 14.1 Å². The summed E-state index contributed by atoms with van der Waals surface area (Å²) in [4.78, 5) is 12.0. The number of hydrogen-bond donors (Lipinski definition) is 0. The fourth-order valence-corrected chi connectivity index (χ4v) is 2.76. The Bertz CT molecular complexity index is 801. The van der Waals surface area contributed by atoms with Crippen molar-refractivity contribution in [3.63, 3.8) is 0 Å². The summed E-state index contributed by atoms with van der Waals surface area (Å²) in [6.07, 6.45) is 0. The molecule has 0 aliphatic carbocycles. The van der Waals surface area contributed by atoms with Gasteiger partial charge in [-0.15, -0.1) is 0 Å². The second kappa shape index (κ2) is 6.89. The predicted molar refractivity (Wildman–Crippen MR) is 82.8 cm³/mol. The molecule has 0 unspecified atom stereocenters. The molecular formula is C16H16FNO4S. The first-order chi connectivity index (χ1) is 10.8. The fraction of sp³-hybridized carbons (Fsp3) is 0.188. The minimum atomic E-state index is -3.62. The lowest BCUT2D eigenvalue weighted by atomic mass is 10.2. The summed E-state index contributed by atoms with van der Waals surface area (Å²) in [5.74, 6) is -1.02. The van der Waals surface area contributed by atoms with E-state index in [2.05, 4.69) is 0 Å². The molecule has 23 heavy (non-hydrogen) atoms. The highest BCUT2D eigenvalue weighted by atomic mass is 32.2. The van der Waals surface area contributed by atoms with Gasteiger partial charge in [-0.3, -0.25) is 0 Å². The maximum absolute atomic E-state index is 12.8. The Morgan fingerprint density at radius 2 is 1.78 bits per heavy atom. The molecule has 0 aromatic heterocycles. The zero-order valence-corrected chi connectivity index (χ0v) is 13.5. The number of sulfonamides is 1. The number of hydrogen-bond acceptors (Lipinski definition) is 4. The number of ether oxygens (including phenoxy) is 1. The van der Waals surface area contributed by atoms with Crippen LogP contribution in [0.5, 0.6) is 0 Å². The van der Waals surface area contributed by atoms with Crippen molar-refractivity contribution >= 4 is 16.0 Å². The maximum atomic E-state index is 12.8. The minimum Gasteiger partial charge on any atom is -0.457 e. The third-order valence-corrected chi connectivity index (χ3v) is 4.94. The van der Waals surface area contributed by atoms with Crippen molar-refractivity contribution < 1.29 is 22.3 Å². The predicted octanol–water partition coefficient (Wildman–Crippen LogP) is 2.43. The van der Waals surface area contributed by atoms with Crippen LogP contribution in [0.15, 0.2) is 53.4 Å². The SMILES string of the molecule is CN(C)S(=O)(=O)c1cccc(C(=O)OCc2ccc(F)cc2)c1. The molecule has 0 aliphatic rings. The molecule has 0 saturated heterocycles. The van der Waals surface area contributed by atoms with Crippen LogP contribution < -0.4 is 0 Å². The molecule has 0 heterocycles. The molecule has 2 aromatic rings. The number of benzene rings is 2. The standard InChI is InChI=1S/C16H16FNO4S/c1-18(2)23(20,21)15-5-3-4-13(10-15)16(19)22-11-12-6-8-14(17)9-7-12/h3-10H,11H2,1-2H3. The van der Waals surface area contributed by atoms with E-state index in [0.717, 1.165) is 4.31 Å². The molecule has 0 N–H and O–H groups in total. The van der Waals surface area contributed by atoms with E-state index in [4.69, 9.17) is 4.74 Å². The third-order valence-electron chi connectivity index (χ3n) is 3.13. The summed E-state index contributed by atoms with van der Waals surface area (Å²) in [7, 11) is -0.798. The van der Waals surface area contributed by atoms with Crippen LogP contribution in [0.4, 0.5) is 4.39 Å². The van der Waals surface area contributed by atoms with Crippen molar-refractivity contribution in [2.24, 2.45) is 0 Å². The van der Waals surface area contributed by atoms with Crippen LogP contribution in [0.25, 0.3) is 0 Å². The quantitative estimate of drug-likeness (QED) is 0.786. The van der Waals surface area contributed by atoms with Gasteiger partial charge in [0.25, 0.3) is 0 Å². The van der Waals surface area contributed by atoms with Crippen molar-refractivity contribution in [1.29, 1.82) is 0 Å². The van der Waals surface area contributed by atoms with E-state index < -0.39 is 16.0 Å². The van der Waals surface area contributed by atoms with Gasteiger partial charge in [-0.05, 0) is 35.9 Å². The van der Waals surface area contributed by atoms with Crippen molar-refractivity contribution in [2.45, 2.75) is 11.5 Å². The van der Waals surface area contributed by atoms with Gasteiger partial charge in [-0.2, -0.15) is 0 Å². The fourth-order valence-electron chi connectivity index (χ4n) is 1.81. The number of carbonyl (C=O) groups is 1. The molecule has 0 aliphatic heterocycles. The lowest BCUT2D eigenvalue weighted by Gasteiger charge is -2.12. The molecule has 0 saturated carbocycles. The summed E-state index contributed by atoms with van der Waals surface area (Å²) in [6.45, 7) is -0.0240. The highest BCUT2D eigenvalue weighted by Gasteiger charge is 2.19. The number of nitrogens with zero attached hydrogens (tertiary/aromatic N) is 1. The Balaban J connectivity index is 2.12. The molecule has 0 amide bonds. The molecule has 2 rings (SSSR count). The van der Waals surface area contributed by atoms with Crippen LogP contribution in [0, 0.1) is 5.82 Å². The van der Waals surface area contributed by atoms with Crippen LogP contribution in [-0.2, 0) is 21.4 Å². The van der Waals surface area contributed by atoms with E-state index in [0.29, 0.717) is 5.56 Å². The van der Waals surface area contributed by atoms with E-state index in [1.165, 1.54) is 62.6 Å². The second-order valence-electron chi connectivity index (χ2n) is 5.02. The topological polar surface area (TPSA) is 63.7 Å². The first kappa shape index (κ1) is 17.1. The molecule has 0 radical (unpaired) electrons. The molecule has 122 valence electrons. The maximum Gasteiger partial charge on any atom is 0.338 e. The van der Waals surface area contributed by atoms with Crippen LogP contribution in [0.2, 0.25) is 0 Å². The summed E-state index contributed by atoms with van der Waals surface area (Å²) in [5, 5.41) is 0. The summed E-state index contributed by atoms with van der Waals surface area (Å²) >= 11 is 0. The highest BCUT2D eigenvalue weighted by molar-refractivity contribution is 7.89. The Labute approximate surface area is 134 Å². The molecule has 0 spiro atoms. The summed E-state index contributed by atoms with van der Waals surface area (Å²) in [5.41, 5.74) is 0.770. The van der Waals surface area contributed by atoms with Gasteiger partial charge >= 0.3 is 5.97 Å². The van der Waals surface area contributed by atoms with Crippen LogP contribution in [0.1, 0.15) is 15.9 Å². The second-order valence-corrected chi connectivity index (χ2v) is 7.17. The minimum absolute atomic E-state index is 0.0127. The molecule has 5 nitrogen and oxygen atoms in total. The van der Waals surface area contributed by atoms with Gasteiger partial charge in [-0.1, -0.05) is 18.2 Å². The van der Waals surface area contributed by atoms with Crippen molar-refractivity contribution in [3.05, 3.63) is 65.5 Å². The smallest absolute Gasteiger partial charge is 0.338 e. The molecule has 2 aromatic carbocycles. The van der Waals surface area contributed by atoms with Gasteiger partial charge in [-0.25, -0.2) is 21.9 Å². The van der Waals surface area contributed by atoms with Crippen LogP contribution in [-0.4, -0.2) is 32.8 Å². The Kier molecular flexibility index (Phi) is 5.12. The zero-order chi connectivity index (χ0) is 17.0. The van der Waals surface area contributed by atoms with Gasteiger partial charge in [0.1, 0.15) is 12.4 Å². The highest BCUT2D eigenvalue weighted by Crippen LogP contribution is 2.16. The number of rotatable bonds is 5. The molecule has 0 fully saturated rings. The molecule has 7 heteroatoms. The van der Waals surface area contributed by atoms with Crippen molar-refractivity contribution in [1.82, 2.24) is 4.31 Å². The Morgan fingerprint density at radius 3 is 2.39 bits per heavy atom. The van der Waals surface area contributed by atoms with E-state index >= 15 is 0 Å². The average Bonchev–Trinajstić information content (AvgIpc) is 2.54. The third kappa shape index (κ3) is 4.14. The summed E-state index contributed by atoms with van der Waals surface area (Å²) < 4.78 is 43.1. The number of carbonyl (C=O) groups excluding carboxylic acids is 1. The van der Waals surface area contributed by atoms with Gasteiger partial charge < -0.3 is 4.74 Å². The van der Waals surface area contributed by atoms with Gasteiger partial charge in [0.05, 0.1) is 10.5 Å². The van der Waals surface area contributed by atoms with Crippen LogP contribution >= 0.6 is 0 Å². The number of halogens is 1. The first-order valence-corrected chi connectivity index (χ1v) is 8.19. The van der Waals surface area contributed by atoms with Crippen molar-refractivity contribution in [3.8, 4) is 0 Å². The zero-order valence-electron chi connectivity index (χ0n) is 12.7. The lowest BCUT2D eigenvalue weighted by molar-refractivity contribution is 0.0472. The summed E-state index contributed by atoms with van der Waals surface area (Å²) in [6, 6.07) is 11.2. The van der Waals surface area contributed by atoms with E-state index in [1.54, 1.807) is 0 Å². The molecule has 0 atom stereocenters. The lowest BCUT2D eigenvalue weighted by Crippen LogP contribution is -2.22. The average molecular weight is 337 g/mol. The number of esters is 1. The van der Waals surface area contributed by atoms with Gasteiger partial charge in [0.15, 0.2) is 0 Å². The largest absolute Gasteiger partial charge is 0.457 e. The Morgan fingerprint density at radius 1 is 1.13 bits per heavy atom. The van der Waals surface area contributed by atoms with Gasteiger partial charge in [0.2, 0.25) is 10.0 Å². The monoisotopic (exact) mass is 337 g/mol. The van der Waals surface area contributed by atoms with Crippen LogP contribution in [0.3, 0.4) is 0 Å². The van der Waals surface area contributed by atoms with E-state index in [9.17, 15) is 17.6 Å². The normalized spacial score (nSPS) is 11.5.